The molecule has 0 amide bonds. The summed E-state index contributed by atoms with van der Waals surface area (Å²) in [5.41, 5.74) is 4.29. The Morgan fingerprint density at radius 2 is 0.925 bits per heavy atom. The summed E-state index contributed by atoms with van der Waals surface area (Å²) in [6.07, 6.45) is 0. The largest absolute Gasteiger partial charge is 0.507 e. The fourth-order valence-electron chi connectivity index (χ4n) is 5.23. The first-order valence-corrected chi connectivity index (χ1v) is 14.8. The highest BCUT2D eigenvalue weighted by Gasteiger charge is 2.33. The van der Waals surface area contributed by atoms with E-state index in [1.807, 2.05) is 54.6 Å². The molecule has 5 nitrogen and oxygen atoms in total. The van der Waals surface area contributed by atoms with E-state index < -0.39 is 7.92 Å². The quantitative estimate of drug-likeness (QED) is 0.211. The predicted molar refractivity (Wildman–Crippen MR) is 167 cm³/mol. The van der Waals surface area contributed by atoms with E-state index in [4.69, 9.17) is 18.9 Å². The molecule has 0 aliphatic carbocycles. The second-order valence-corrected chi connectivity index (χ2v) is 12.2. The first kappa shape index (κ1) is 29.3. The zero-order valence-electron chi connectivity index (χ0n) is 24.6. The molecule has 0 unspecified atom stereocenters. The van der Waals surface area contributed by atoms with Crippen LogP contribution in [0, 0.1) is 0 Å². The molecule has 0 aromatic heterocycles. The number of hydrogen-bond acceptors (Lipinski definition) is 5. The molecule has 0 spiro atoms. The van der Waals surface area contributed by atoms with Gasteiger partial charge in [-0.25, -0.2) is 0 Å². The smallest absolute Gasteiger partial charge is 0.131 e. The third-order valence-electron chi connectivity index (χ3n) is 7.15. The second-order valence-electron chi connectivity index (χ2n) is 10.2. The van der Waals surface area contributed by atoms with Crippen molar-refractivity contribution in [3.05, 3.63) is 83.9 Å². The normalized spacial score (nSPS) is 11.3. The maximum atomic E-state index is 12.3. The van der Waals surface area contributed by atoms with E-state index in [1.165, 1.54) is 11.1 Å². The van der Waals surface area contributed by atoms with Crippen LogP contribution >= 0.6 is 7.92 Å². The molecule has 0 radical (unpaired) electrons. The summed E-state index contributed by atoms with van der Waals surface area (Å²) in [7, 11) is 5.11. The Labute approximate surface area is 239 Å². The van der Waals surface area contributed by atoms with E-state index in [2.05, 4.69) is 45.9 Å². The molecule has 0 heterocycles. The Hall–Kier alpha value is -3.69. The van der Waals surface area contributed by atoms with Crippen LogP contribution in [0.4, 0.5) is 0 Å². The summed E-state index contributed by atoms with van der Waals surface area (Å²) in [4.78, 5) is 0. The SMILES string of the molecule is COc1cccc(OC)c1P(c1cccc(-c2c(C(C)C)cccc2C(C)C)c1O)c1c(OC)cccc1OC. The lowest BCUT2D eigenvalue weighted by Crippen LogP contribution is -2.26. The second kappa shape index (κ2) is 12.7. The van der Waals surface area contributed by atoms with E-state index in [1.54, 1.807) is 28.4 Å². The number of ether oxygens (including phenoxy) is 4. The van der Waals surface area contributed by atoms with Crippen molar-refractivity contribution in [1.82, 2.24) is 0 Å². The monoisotopic (exact) mass is 558 g/mol. The maximum absolute atomic E-state index is 12.3. The van der Waals surface area contributed by atoms with Crippen LogP contribution in [0.15, 0.2) is 72.8 Å². The minimum Gasteiger partial charge on any atom is -0.507 e. The van der Waals surface area contributed by atoms with Crippen molar-refractivity contribution in [2.75, 3.05) is 28.4 Å². The highest BCUT2D eigenvalue weighted by Crippen LogP contribution is 2.49. The summed E-state index contributed by atoms with van der Waals surface area (Å²) in [6, 6.07) is 23.9. The Morgan fingerprint density at radius 3 is 1.30 bits per heavy atom. The van der Waals surface area contributed by atoms with Crippen molar-refractivity contribution in [2.45, 2.75) is 39.5 Å². The van der Waals surface area contributed by atoms with Crippen LogP contribution in [0.25, 0.3) is 11.1 Å². The summed E-state index contributed by atoms with van der Waals surface area (Å²) in [5.74, 6) is 3.43. The molecule has 0 saturated heterocycles. The lowest BCUT2D eigenvalue weighted by Gasteiger charge is -2.28. The van der Waals surface area contributed by atoms with Gasteiger partial charge in [0.1, 0.15) is 28.7 Å². The van der Waals surface area contributed by atoms with Crippen LogP contribution in [0.2, 0.25) is 0 Å². The number of benzene rings is 4. The molecule has 0 aliphatic heterocycles. The average Bonchev–Trinajstić information content (AvgIpc) is 2.97. The van der Waals surface area contributed by atoms with Crippen molar-refractivity contribution in [3.8, 4) is 39.9 Å². The molecule has 0 aliphatic rings. The summed E-state index contributed by atoms with van der Waals surface area (Å²) in [6.45, 7) is 8.76. The fourth-order valence-corrected chi connectivity index (χ4v) is 8.05. The van der Waals surface area contributed by atoms with Crippen LogP contribution < -0.4 is 34.9 Å². The van der Waals surface area contributed by atoms with E-state index >= 15 is 0 Å². The van der Waals surface area contributed by atoms with Gasteiger partial charge in [0.2, 0.25) is 0 Å². The molecule has 0 fully saturated rings. The lowest BCUT2D eigenvalue weighted by atomic mass is 9.85. The Bertz CT molecular complexity index is 1350. The molecule has 0 bridgehead atoms. The van der Waals surface area contributed by atoms with Gasteiger partial charge in [0.05, 0.1) is 39.0 Å². The third-order valence-corrected chi connectivity index (χ3v) is 9.77. The molecule has 40 heavy (non-hydrogen) atoms. The molecule has 4 aromatic carbocycles. The van der Waals surface area contributed by atoms with Crippen LogP contribution in [-0.4, -0.2) is 33.5 Å². The zero-order chi connectivity index (χ0) is 29.0. The van der Waals surface area contributed by atoms with Crippen molar-refractivity contribution in [2.24, 2.45) is 0 Å². The van der Waals surface area contributed by atoms with Crippen molar-refractivity contribution in [3.63, 3.8) is 0 Å². The first-order chi connectivity index (χ1) is 19.3. The molecule has 1 N–H and O–H groups in total. The van der Waals surface area contributed by atoms with E-state index in [0.29, 0.717) is 23.0 Å². The Morgan fingerprint density at radius 1 is 0.550 bits per heavy atom. The lowest BCUT2D eigenvalue weighted by molar-refractivity contribution is 0.399. The van der Waals surface area contributed by atoms with Gasteiger partial charge >= 0.3 is 0 Å². The van der Waals surface area contributed by atoms with Crippen molar-refractivity contribution < 1.29 is 24.1 Å². The van der Waals surface area contributed by atoms with Gasteiger partial charge in [0, 0.05) is 18.8 Å². The molecular weight excluding hydrogens is 519 g/mol. The number of phenolic OH excluding ortho intramolecular Hbond substituents is 1. The van der Waals surface area contributed by atoms with Gasteiger partial charge in [0.15, 0.2) is 0 Å². The molecule has 0 saturated carbocycles. The van der Waals surface area contributed by atoms with Crippen LogP contribution in [0.5, 0.6) is 28.7 Å². The minimum atomic E-state index is -1.48. The van der Waals surface area contributed by atoms with Gasteiger partial charge in [-0.15, -0.1) is 0 Å². The number of aromatic hydroxyl groups is 1. The van der Waals surface area contributed by atoms with Crippen LogP contribution in [0.3, 0.4) is 0 Å². The first-order valence-electron chi connectivity index (χ1n) is 13.5. The van der Waals surface area contributed by atoms with Crippen LogP contribution in [-0.2, 0) is 0 Å². The van der Waals surface area contributed by atoms with E-state index in [9.17, 15) is 5.11 Å². The van der Waals surface area contributed by atoms with Crippen LogP contribution in [0.1, 0.15) is 50.7 Å². The number of phenols is 1. The molecule has 0 atom stereocenters. The average molecular weight is 559 g/mol. The zero-order valence-corrected chi connectivity index (χ0v) is 25.5. The number of hydrogen-bond donors (Lipinski definition) is 1. The predicted octanol–water partition coefficient (Wildman–Crippen LogP) is 7.10. The topological polar surface area (TPSA) is 57.2 Å². The van der Waals surface area contributed by atoms with E-state index in [0.717, 1.165) is 27.0 Å². The Kier molecular flexibility index (Phi) is 9.27. The van der Waals surface area contributed by atoms with Gasteiger partial charge in [-0.3, -0.25) is 0 Å². The summed E-state index contributed by atoms with van der Waals surface area (Å²) in [5, 5.41) is 14.7. The molecule has 4 rings (SSSR count). The minimum absolute atomic E-state index is 0.226. The standard InChI is InChI=1S/C34H39O5P/c1-21(2)23-13-9-14-24(22(3)4)31(23)25-15-10-20-30(32(25)35)40(33-26(36-5)16-11-17-27(33)37-6)34-28(38-7)18-12-19-29(34)39-8/h9-22,35H,1-8H3. The summed E-state index contributed by atoms with van der Waals surface area (Å²) >= 11 is 0. The molecule has 4 aromatic rings. The van der Waals surface area contributed by atoms with Gasteiger partial charge in [-0.2, -0.15) is 0 Å². The van der Waals surface area contributed by atoms with Gasteiger partial charge in [-0.1, -0.05) is 76.2 Å². The van der Waals surface area contributed by atoms with Crippen molar-refractivity contribution in [1.29, 1.82) is 0 Å². The number of rotatable bonds is 10. The van der Waals surface area contributed by atoms with Gasteiger partial charge in [0.25, 0.3) is 0 Å². The highest BCUT2D eigenvalue weighted by atomic mass is 31.1. The van der Waals surface area contributed by atoms with Gasteiger partial charge < -0.3 is 24.1 Å². The molecule has 6 heteroatoms. The maximum Gasteiger partial charge on any atom is 0.131 e. The fraction of sp³-hybridized carbons (Fsp3) is 0.294. The molecular formula is C34H39O5P. The van der Waals surface area contributed by atoms with E-state index in [-0.39, 0.29) is 17.6 Å². The summed E-state index contributed by atoms with van der Waals surface area (Å²) < 4.78 is 23.6. The van der Waals surface area contributed by atoms with Gasteiger partial charge in [-0.05, 0) is 52.8 Å². The number of methoxy groups -OCH3 is 4. The number of para-hydroxylation sites is 1. The highest BCUT2D eigenvalue weighted by molar-refractivity contribution is 7.80. The Balaban J connectivity index is 2.15. The third kappa shape index (κ3) is 5.36. The van der Waals surface area contributed by atoms with Crippen molar-refractivity contribution >= 4 is 23.8 Å². The molecule has 210 valence electrons.